The number of nitrogens with one attached hydrogen (secondary N) is 1. The Morgan fingerprint density at radius 2 is 1.75 bits per heavy atom. The first kappa shape index (κ1) is 30.0. The molecule has 0 saturated carbocycles. The highest BCUT2D eigenvalue weighted by Gasteiger charge is 2.33. The Kier molecular flexibility index (Phi) is 11.0. The topological polar surface area (TPSA) is 123 Å². The van der Waals surface area contributed by atoms with Gasteiger partial charge < -0.3 is 29.6 Å². The summed E-state index contributed by atoms with van der Waals surface area (Å²) in [5.74, 6) is -0.900. The van der Waals surface area contributed by atoms with Gasteiger partial charge >= 0.3 is 5.97 Å². The summed E-state index contributed by atoms with van der Waals surface area (Å²) in [6.07, 6.45) is 4.29. The number of imidazole rings is 1. The summed E-state index contributed by atoms with van der Waals surface area (Å²) in [7, 11) is 0. The van der Waals surface area contributed by atoms with Crippen LogP contribution in [0.3, 0.4) is 0 Å². The molecule has 1 amide bonds. The number of ether oxygens (including phenoxy) is 2. The summed E-state index contributed by atoms with van der Waals surface area (Å²) in [5, 5.41) is 21.6. The highest BCUT2D eigenvalue weighted by Crippen LogP contribution is 2.39. The number of nitrogens with zero attached hydrogens (tertiary/aromatic N) is 2. The molecule has 3 aromatic rings. The third-order valence-electron chi connectivity index (χ3n) is 6.74. The van der Waals surface area contributed by atoms with Crippen LogP contribution in [-0.4, -0.2) is 37.7 Å². The molecule has 1 fully saturated rings. The van der Waals surface area contributed by atoms with Crippen molar-refractivity contribution in [2.75, 3.05) is 5.32 Å². The van der Waals surface area contributed by atoms with Crippen LogP contribution in [0.2, 0.25) is 10.3 Å². The minimum Gasteiger partial charge on any atom is -0.481 e. The van der Waals surface area contributed by atoms with E-state index in [4.69, 9.17) is 37.8 Å². The molecule has 11 heteroatoms. The van der Waals surface area contributed by atoms with Crippen molar-refractivity contribution in [2.24, 2.45) is 0 Å². The lowest BCUT2D eigenvalue weighted by Gasteiger charge is -2.36. The first-order valence-electron chi connectivity index (χ1n) is 13.3. The molecule has 0 aliphatic carbocycles. The molecule has 214 valence electrons. The molecule has 1 saturated heterocycles. The molecule has 0 radical (unpaired) electrons. The molecule has 3 unspecified atom stereocenters. The van der Waals surface area contributed by atoms with E-state index in [0.29, 0.717) is 43.1 Å². The number of carboxylic acid groups (broad SMARTS) is 1. The normalized spacial score (nSPS) is 18.9. The van der Waals surface area contributed by atoms with Gasteiger partial charge in [0.1, 0.15) is 5.15 Å². The Morgan fingerprint density at radius 3 is 2.42 bits per heavy atom. The van der Waals surface area contributed by atoms with Crippen molar-refractivity contribution in [1.82, 2.24) is 9.55 Å². The van der Waals surface area contributed by atoms with Gasteiger partial charge in [0, 0.05) is 30.5 Å². The van der Waals surface area contributed by atoms with Crippen LogP contribution in [0, 0.1) is 0 Å². The lowest BCUT2D eigenvalue weighted by molar-refractivity contribution is -0.252. The van der Waals surface area contributed by atoms with Crippen LogP contribution < -0.4 is 5.32 Å². The number of carbonyl (C=O) groups is 2. The minimum atomic E-state index is -0.796. The molecular formula is C29H33Cl2N3O6. The van der Waals surface area contributed by atoms with Crippen LogP contribution in [0.4, 0.5) is 5.69 Å². The van der Waals surface area contributed by atoms with E-state index in [2.05, 4.69) is 10.3 Å². The van der Waals surface area contributed by atoms with Gasteiger partial charge in [-0.15, -0.1) is 0 Å². The molecule has 9 nitrogen and oxygen atoms in total. The summed E-state index contributed by atoms with van der Waals surface area (Å²) < 4.78 is 14.5. The second-order valence-corrected chi connectivity index (χ2v) is 10.5. The number of hydrogen-bond donors (Lipinski definition) is 3. The monoisotopic (exact) mass is 589 g/mol. The number of benzene rings is 2. The second kappa shape index (κ2) is 14.6. The second-order valence-electron chi connectivity index (χ2n) is 9.81. The fraction of sp³-hybridized carbons (Fsp3) is 0.414. The van der Waals surface area contributed by atoms with Crippen molar-refractivity contribution >= 4 is 40.8 Å². The minimum absolute atomic E-state index is 0.0384. The zero-order chi connectivity index (χ0) is 28.5. The number of hydrogen-bond acceptors (Lipinski definition) is 6. The van der Waals surface area contributed by atoms with E-state index in [9.17, 15) is 14.7 Å². The van der Waals surface area contributed by atoms with Gasteiger partial charge in [-0.05, 0) is 36.1 Å². The lowest BCUT2D eigenvalue weighted by atomic mass is 10.00. The Hall–Kier alpha value is -2.95. The fourth-order valence-corrected chi connectivity index (χ4v) is 4.94. The molecule has 1 aliphatic heterocycles. The van der Waals surface area contributed by atoms with Gasteiger partial charge in [0.2, 0.25) is 5.91 Å². The molecule has 0 bridgehead atoms. The smallest absolute Gasteiger partial charge is 0.303 e. The predicted molar refractivity (Wildman–Crippen MR) is 151 cm³/mol. The third-order valence-corrected chi connectivity index (χ3v) is 7.50. The average molecular weight is 591 g/mol. The summed E-state index contributed by atoms with van der Waals surface area (Å²) in [6.45, 7) is 0.385. The van der Waals surface area contributed by atoms with Crippen LogP contribution in [0.5, 0.6) is 0 Å². The number of aliphatic carboxylic acids is 1. The predicted octanol–water partition coefficient (Wildman–Crippen LogP) is 6.29. The lowest BCUT2D eigenvalue weighted by Crippen LogP contribution is -2.32. The van der Waals surface area contributed by atoms with E-state index >= 15 is 0 Å². The highest BCUT2D eigenvalue weighted by atomic mass is 35.5. The molecule has 3 atom stereocenters. The number of aliphatic hydroxyl groups is 1. The van der Waals surface area contributed by atoms with E-state index in [0.717, 1.165) is 29.5 Å². The van der Waals surface area contributed by atoms with Crippen LogP contribution >= 0.6 is 23.2 Å². The average Bonchev–Trinajstić information content (AvgIpc) is 3.27. The Morgan fingerprint density at radius 1 is 1.00 bits per heavy atom. The quantitative estimate of drug-likeness (QED) is 0.200. The standard InChI is InChI=1S/C29H33Cl2N3O6/c30-27-28(31)34(18-32-27)16-23-15-24(20-12-10-19(17-35)11-13-20)40-29(39-23)21-6-5-7-22(14-21)33-25(36)8-3-1-2-4-9-26(37)38/h5-7,10-14,18,23-24,29,35H,1-4,8-9,15-17H2,(H,33,36)(H,37,38). The van der Waals surface area contributed by atoms with Crippen molar-refractivity contribution in [3.8, 4) is 0 Å². The zero-order valence-corrected chi connectivity index (χ0v) is 23.5. The largest absolute Gasteiger partial charge is 0.481 e. The van der Waals surface area contributed by atoms with Gasteiger partial charge in [-0.1, -0.05) is 72.4 Å². The van der Waals surface area contributed by atoms with E-state index in [1.54, 1.807) is 10.9 Å². The molecule has 4 rings (SSSR count). The van der Waals surface area contributed by atoms with Crippen molar-refractivity contribution < 1.29 is 29.3 Å². The molecule has 3 N–H and O–H groups in total. The Labute approximate surface area is 243 Å². The van der Waals surface area contributed by atoms with E-state index in [1.807, 2.05) is 48.5 Å². The maximum absolute atomic E-state index is 12.5. The number of unbranched alkanes of at least 4 members (excludes halogenated alkanes) is 3. The first-order chi connectivity index (χ1) is 19.3. The van der Waals surface area contributed by atoms with Gasteiger partial charge in [0.15, 0.2) is 11.4 Å². The van der Waals surface area contributed by atoms with Gasteiger partial charge in [-0.2, -0.15) is 0 Å². The van der Waals surface area contributed by atoms with Gasteiger partial charge in [0.25, 0.3) is 0 Å². The number of aliphatic hydroxyl groups excluding tert-OH is 1. The van der Waals surface area contributed by atoms with Gasteiger partial charge in [0.05, 0.1) is 31.7 Å². The number of amides is 1. The Bertz CT molecular complexity index is 1280. The van der Waals surface area contributed by atoms with E-state index in [1.165, 1.54) is 0 Å². The highest BCUT2D eigenvalue weighted by molar-refractivity contribution is 6.40. The van der Waals surface area contributed by atoms with E-state index in [-0.39, 0.29) is 36.3 Å². The number of rotatable bonds is 13. The van der Waals surface area contributed by atoms with Crippen molar-refractivity contribution in [2.45, 2.75) is 76.6 Å². The zero-order valence-electron chi connectivity index (χ0n) is 22.0. The first-order valence-corrected chi connectivity index (χ1v) is 14.1. The molecule has 0 spiro atoms. The number of carbonyl (C=O) groups excluding carboxylic acids is 1. The van der Waals surface area contributed by atoms with Crippen LogP contribution in [-0.2, 0) is 32.2 Å². The van der Waals surface area contributed by atoms with Gasteiger partial charge in [-0.25, -0.2) is 4.98 Å². The summed E-state index contributed by atoms with van der Waals surface area (Å²) in [6, 6.07) is 15.0. The molecule has 1 aromatic heterocycles. The fourth-order valence-electron chi connectivity index (χ4n) is 4.62. The number of anilines is 1. The maximum atomic E-state index is 12.5. The van der Waals surface area contributed by atoms with Crippen LogP contribution in [0.1, 0.15) is 74.0 Å². The number of carboxylic acids is 1. The summed E-state index contributed by atoms with van der Waals surface area (Å²) >= 11 is 12.3. The third kappa shape index (κ3) is 8.52. The summed E-state index contributed by atoms with van der Waals surface area (Å²) in [5.41, 5.74) is 3.16. The van der Waals surface area contributed by atoms with Crippen molar-refractivity contribution in [3.05, 3.63) is 81.9 Å². The van der Waals surface area contributed by atoms with E-state index < -0.39 is 12.3 Å². The Balaban J connectivity index is 1.43. The summed E-state index contributed by atoms with van der Waals surface area (Å²) in [4.78, 5) is 27.2. The van der Waals surface area contributed by atoms with Crippen LogP contribution in [0.15, 0.2) is 54.9 Å². The SMILES string of the molecule is O=C(O)CCCCCCC(=O)Nc1cccc(C2OC(Cn3cnc(Cl)c3Cl)CC(c3ccc(CO)cc3)O2)c1. The molecule has 2 aromatic carbocycles. The molecule has 1 aliphatic rings. The molecule has 2 heterocycles. The van der Waals surface area contributed by atoms with Gasteiger partial charge in [-0.3, -0.25) is 9.59 Å². The van der Waals surface area contributed by atoms with Crippen molar-refractivity contribution in [3.63, 3.8) is 0 Å². The molecule has 40 heavy (non-hydrogen) atoms. The number of halogens is 2. The maximum Gasteiger partial charge on any atom is 0.303 e. The van der Waals surface area contributed by atoms with Crippen LogP contribution in [0.25, 0.3) is 0 Å². The molecular weight excluding hydrogens is 557 g/mol. The number of aromatic nitrogens is 2. The van der Waals surface area contributed by atoms with Crippen molar-refractivity contribution in [1.29, 1.82) is 0 Å².